The van der Waals surface area contributed by atoms with Gasteiger partial charge in [0.15, 0.2) is 6.23 Å². The van der Waals surface area contributed by atoms with Gasteiger partial charge in [0, 0.05) is 6.20 Å². The van der Waals surface area contributed by atoms with Crippen LogP contribution in [0.25, 0.3) is 0 Å². The van der Waals surface area contributed by atoms with E-state index < -0.39 is 50.2 Å². The van der Waals surface area contributed by atoms with Gasteiger partial charge in [-0.05, 0) is 0 Å². The van der Waals surface area contributed by atoms with Crippen molar-refractivity contribution in [3.05, 3.63) is 27.0 Å². The summed E-state index contributed by atoms with van der Waals surface area (Å²) in [6.45, 7) is -0.704. The lowest BCUT2D eigenvalue weighted by molar-refractivity contribution is -0.0546. The van der Waals surface area contributed by atoms with Crippen molar-refractivity contribution in [3.63, 3.8) is 0 Å². The second-order valence-electron chi connectivity index (χ2n) is 4.51. The average molecular weight is 356 g/mol. The first kappa shape index (κ1) is 17.4. The Labute approximate surface area is 127 Å². The van der Waals surface area contributed by atoms with Gasteiger partial charge in [-0.2, -0.15) is 0 Å². The predicted molar refractivity (Wildman–Crippen MR) is 72.5 cm³/mol. The lowest BCUT2D eigenvalue weighted by atomic mass is 10.1. The molecule has 0 bridgehead atoms. The molecule has 1 aromatic heterocycles. The maximum atomic E-state index is 11.7. The van der Waals surface area contributed by atoms with Gasteiger partial charge in [-0.1, -0.05) is 0 Å². The van der Waals surface area contributed by atoms with Crippen LogP contribution in [0.5, 0.6) is 0 Å². The molecule has 22 heavy (non-hydrogen) atoms. The fourth-order valence-corrected chi connectivity index (χ4v) is 2.45. The Kier molecular flexibility index (Phi) is 4.94. The zero-order chi connectivity index (χ0) is 16.7. The maximum Gasteiger partial charge on any atom is 0.469 e. The first-order valence-electron chi connectivity index (χ1n) is 5.86. The summed E-state index contributed by atoms with van der Waals surface area (Å²) >= 11 is 3.83. The second-order valence-corrected chi connectivity index (χ2v) is 6.23. The van der Waals surface area contributed by atoms with E-state index in [9.17, 15) is 24.4 Å². The Hall–Kier alpha value is -0.980. The second kappa shape index (κ2) is 6.26. The molecule has 5 N–H and O–H groups in total. The molecule has 1 aromatic rings. The topological polar surface area (TPSA) is 171 Å². The lowest BCUT2D eigenvalue weighted by Crippen LogP contribution is -2.38. The Balaban J connectivity index is 2.23. The number of nitrogens with zero attached hydrogens (tertiary/aromatic N) is 1. The number of aromatic nitrogens is 2. The molecule has 1 aliphatic rings. The van der Waals surface area contributed by atoms with Crippen LogP contribution in [0.15, 0.2) is 20.7 Å². The summed E-state index contributed by atoms with van der Waals surface area (Å²) in [5.41, 5.74) is -1.64. The molecule has 2 rings (SSSR count). The molecule has 1 saturated heterocycles. The first-order chi connectivity index (χ1) is 10.1. The number of ether oxygens (including phenoxy) is 1. The normalized spacial score (nSPS) is 29.0. The van der Waals surface area contributed by atoms with Crippen LogP contribution in [-0.4, -0.2) is 54.5 Å². The van der Waals surface area contributed by atoms with Crippen molar-refractivity contribution in [2.45, 2.75) is 29.4 Å². The van der Waals surface area contributed by atoms with Crippen LogP contribution in [-0.2, 0) is 13.8 Å². The van der Waals surface area contributed by atoms with Crippen LogP contribution < -0.4 is 11.2 Å². The van der Waals surface area contributed by atoms with E-state index in [1.54, 1.807) is 0 Å². The molecule has 0 amide bonds. The molecule has 0 aliphatic carbocycles. The van der Waals surface area contributed by atoms with E-state index in [4.69, 9.17) is 14.5 Å². The molecule has 0 spiro atoms. The van der Waals surface area contributed by atoms with E-state index >= 15 is 0 Å². The number of aliphatic hydroxyl groups is 2. The van der Waals surface area contributed by atoms with Gasteiger partial charge < -0.3 is 24.7 Å². The highest BCUT2D eigenvalue weighted by Crippen LogP contribution is 2.38. The Morgan fingerprint density at radius 1 is 1.36 bits per heavy atom. The number of aromatic amines is 1. The van der Waals surface area contributed by atoms with Crippen LogP contribution in [0.4, 0.5) is 0 Å². The summed E-state index contributed by atoms with van der Waals surface area (Å²) in [7, 11) is -4.78. The van der Waals surface area contributed by atoms with Gasteiger partial charge in [-0.15, -0.1) is 12.6 Å². The van der Waals surface area contributed by atoms with Crippen molar-refractivity contribution in [3.8, 4) is 0 Å². The van der Waals surface area contributed by atoms with Crippen LogP contribution in [0.2, 0.25) is 0 Å². The van der Waals surface area contributed by atoms with Gasteiger partial charge in [0.1, 0.15) is 18.3 Å². The van der Waals surface area contributed by atoms with Crippen molar-refractivity contribution in [2.75, 3.05) is 6.61 Å². The molecule has 13 heteroatoms. The highest BCUT2D eigenvalue weighted by Gasteiger charge is 2.45. The monoisotopic (exact) mass is 356 g/mol. The van der Waals surface area contributed by atoms with Crippen molar-refractivity contribution in [2.24, 2.45) is 0 Å². The molecule has 1 aliphatic heterocycles. The smallest absolute Gasteiger partial charge is 0.387 e. The van der Waals surface area contributed by atoms with Crippen molar-refractivity contribution in [1.29, 1.82) is 0 Å². The number of thiol groups is 1. The molecule has 0 aromatic carbocycles. The Morgan fingerprint density at radius 3 is 2.59 bits per heavy atom. The number of phosphoric acid groups is 1. The first-order valence-corrected chi connectivity index (χ1v) is 7.84. The molecule has 0 saturated carbocycles. The molecule has 4 atom stereocenters. The fourth-order valence-electron chi connectivity index (χ4n) is 1.93. The Bertz CT molecular complexity index is 712. The van der Waals surface area contributed by atoms with Gasteiger partial charge in [0.05, 0.1) is 11.5 Å². The van der Waals surface area contributed by atoms with Gasteiger partial charge in [0.2, 0.25) is 0 Å². The van der Waals surface area contributed by atoms with Gasteiger partial charge in [0.25, 0.3) is 5.56 Å². The molecule has 2 heterocycles. The number of phosphoric ester groups is 1. The summed E-state index contributed by atoms with van der Waals surface area (Å²) in [5, 5.41) is 19.7. The van der Waals surface area contributed by atoms with E-state index in [0.717, 1.165) is 10.8 Å². The van der Waals surface area contributed by atoms with Crippen LogP contribution in [0.1, 0.15) is 6.23 Å². The minimum atomic E-state index is -4.78. The fraction of sp³-hybridized carbons (Fsp3) is 0.556. The van der Waals surface area contributed by atoms with Crippen LogP contribution in [0.3, 0.4) is 0 Å². The average Bonchev–Trinajstić information content (AvgIpc) is 2.68. The maximum absolute atomic E-state index is 11.7. The largest absolute Gasteiger partial charge is 0.469 e. The summed E-state index contributed by atoms with van der Waals surface area (Å²) in [5.74, 6) is 0. The molecule has 1 fully saturated rings. The summed E-state index contributed by atoms with van der Waals surface area (Å²) in [6, 6.07) is 0. The predicted octanol–water partition coefficient (Wildman–Crippen LogP) is -2.45. The van der Waals surface area contributed by atoms with E-state index in [1.165, 1.54) is 0 Å². The summed E-state index contributed by atoms with van der Waals surface area (Å²) in [4.78, 5) is 42.0. The highest BCUT2D eigenvalue weighted by atomic mass is 32.1. The van der Waals surface area contributed by atoms with E-state index in [2.05, 4.69) is 17.2 Å². The molecular formula is C9H13N2O9PS. The third-order valence-corrected chi connectivity index (χ3v) is 3.77. The number of hydrogen-bond acceptors (Lipinski definition) is 8. The molecule has 0 radical (unpaired) electrons. The summed E-state index contributed by atoms with van der Waals surface area (Å²) in [6.07, 6.45) is -4.79. The SMILES string of the molecule is O=c1[nH]c(=O)n([C@H]2O[C@@H](COP(=O)(O)O)C(O)C2O)cc1S. The van der Waals surface area contributed by atoms with Crippen LogP contribution in [0, 0.1) is 0 Å². The molecule has 2 unspecified atom stereocenters. The number of nitrogens with one attached hydrogen (secondary N) is 1. The quantitative estimate of drug-likeness (QED) is 0.253. The van der Waals surface area contributed by atoms with E-state index in [0.29, 0.717) is 0 Å². The van der Waals surface area contributed by atoms with E-state index in [1.807, 2.05) is 4.98 Å². The van der Waals surface area contributed by atoms with Gasteiger partial charge >= 0.3 is 13.5 Å². The standard InChI is InChI=1S/C9H13N2O9PS/c12-5-3(2-19-21(16,17)18)20-8(6(5)13)11-1-4(22)7(14)10-9(11)15/h1,3,5-6,8,12-13,22H,2H2,(H,10,14,15)(H2,16,17,18)/t3-,5?,6?,8-/m0/s1. The minimum absolute atomic E-state index is 0.125. The van der Waals surface area contributed by atoms with Crippen molar-refractivity contribution < 1.29 is 33.8 Å². The summed E-state index contributed by atoms with van der Waals surface area (Å²) < 4.78 is 20.8. The third kappa shape index (κ3) is 3.67. The Morgan fingerprint density at radius 2 is 2.00 bits per heavy atom. The number of aliphatic hydroxyl groups excluding tert-OH is 2. The highest BCUT2D eigenvalue weighted by molar-refractivity contribution is 7.80. The van der Waals surface area contributed by atoms with Crippen molar-refractivity contribution in [1.82, 2.24) is 9.55 Å². The minimum Gasteiger partial charge on any atom is -0.387 e. The van der Waals surface area contributed by atoms with Crippen LogP contribution >= 0.6 is 20.5 Å². The molecule has 124 valence electrons. The van der Waals surface area contributed by atoms with Crippen molar-refractivity contribution >= 4 is 20.5 Å². The van der Waals surface area contributed by atoms with Gasteiger partial charge in [-0.25, -0.2) is 9.36 Å². The number of rotatable bonds is 4. The third-order valence-electron chi connectivity index (χ3n) is 2.97. The van der Waals surface area contributed by atoms with E-state index in [-0.39, 0.29) is 4.90 Å². The van der Waals surface area contributed by atoms with Gasteiger partial charge in [-0.3, -0.25) is 18.9 Å². The number of H-pyrrole nitrogens is 1. The zero-order valence-electron chi connectivity index (χ0n) is 10.8. The lowest BCUT2D eigenvalue weighted by Gasteiger charge is -2.17. The molecule has 11 nitrogen and oxygen atoms in total. The molecular weight excluding hydrogens is 343 g/mol. The zero-order valence-corrected chi connectivity index (χ0v) is 12.6. The number of hydrogen-bond donors (Lipinski definition) is 6.